The molecule has 142 valence electrons. The average molecular weight is 367 g/mol. The van der Waals surface area contributed by atoms with Crippen molar-refractivity contribution in [3.8, 4) is 5.75 Å². The lowest BCUT2D eigenvalue weighted by atomic mass is 9.89. The number of nitrogens with zero attached hydrogens (tertiary/aromatic N) is 1. The van der Waals surface area contributed by atoms with Crippen molar-refractivity contribution < 1.29 is 13.9 Å². The van der Waals surface area contributed by atoms with Crippen molar-refractivity contribution in [3.05, 3.63) is 54.1 Å². The molecule has 3 heterocycles. The van der Waals surface area contributed by atoms with Gasteiger partial charge >= 0.3 is 0 Å². The summed E-state index contributed by atoms with van der Waals surface area (Å²) < 4.78 is 10.6. The number of rotatable bonds is 6. The molecule has 1 amide bonds. The van der Waals surface area contributed by atoms with Crippen LogP contribution in [0.25, 0.3) is 10.9 Å². The molecular formula is C21H25N3O3. The van der Waals surface area contributed by atoms with Gasteiger partial charge in [-0.05, 0) is 67.7 Å². The fourth-order valence-electron chi connectivity index (χ4n) is 3.85. The predicted molar refractivity (Wildman–Crippen MR) is 104 cm³/mol. The van der Waals surface area contributed by atoms with E-state index in [2.05, 4.69) is 33.5 Å². The van der Waals surface area contributed by atoms with Gasteiger partial charge in [0.15, 0.2) is 0 Å². The Balaban J connectivity index is 1.32. The van der Waals surface area contributed by atoms with Gasteiger partial charge in [0.05, 0.1) is 26.5 Å². The number of carbonyl (C=O) groups is 1. The molecule has 4 rings (SSSR count). The molecule has 27 heavy (non-hydrogen) atoms. The molecule has 3 aromatic rings. The zero-order valence-corrected chi connectivity index (χ0v) is 15.5. The zero-order valence-electron chi connectivity index (χ0n) is 15.5. The molecule has 0 spiro atoms. The van der Waals surface area contributed by atoms with E-state index in [1.807, 2.05) is 18.2 Å². The number of aromatic amines is 1. The number of likely N-dealkylation sites (tertiary alicyclic amines) is 1. The van der Waals surface area contributed by atoms with E-state index in [9.17, 15) is 4.79 Å². The smallest absolute Gasteiger partial charge is 0.234 e. The van der Waals surface area contributed by atoms with Crippen LogP contribution in [-0.2, 0) is 11.3 Å². The topological polar surface area (TPSA) is 70.5 Å². The number of amides is 1. The van der Waals surface area contributed by atoms with Crippen LogP contribution in [0.2, 0.25) is 0 Å². The number of furan rings is 1. The van der Waals surface area contributed by atoms with E-state index < -0.39 is 0 Å². The second-order valence-corrected chi connectivity index (χ2v) is 7.06. The summed E-state index contributed by atoms with van der Waals surface area (Å²) in [6.45, 7) is 2.74. The lowest BCUT2D eigenvalue weighted by molar-refractivity contribution is -0.122. The van der Waals surface area contributed by atoms with E-state index in [-0.39, 0.29) is 5.91 Å². The van der Waals surface area contributed by atoms with Crippen molar-refractivity contribution in [2.24, 2.45) is 0 Å². The molecule has 1 aliphatic rings. The van der Waals surface area contributed by atoms with Gasteiger partial charge in [-0.15, -0.1) is 0 Å². The molecule has 6 nitrogen and oxygen atoms in total. The van der Waals surface area contributed by atoms with Crippen LogP contribution in [0.15, 0.2) is 47.2 Å². The van der Waals surface area contributed by atoms with Gasteiger partial charge in [-0.3, -0.25) is 9.69 Å². The van der Waals surface area contributed by atoms with Gasteiger partial charge in [-0.25, -0.2) is 0 Å². The minimum atomic E-state index is 0.0432. The number of aromatic nitrogens is 1. The quantitative estimate of drug-likeness (QED) is 0.702. The van der Waals surface area contributed by atoms with E-state index in [1.165, 1.54) is 10.9 Å². The Hall–Kier alpha value is -2.73. The molecule has 1 saturated heterocycles. The largest absolute Gasteiger partial charge is 0.497 e. The number of nitrogens with one attached hydrogen (secondary N) is 2. The first-order valence-corrected chi connectivity index (χ1v) is 9.39. The average Bonchev–Trinajstić information content (AvgIpc) is 3.36. The second kappa shape index (κ2) is 7.88. The van der Waals surface area contributed by atoms with E-state index in [1.54, 1.807) is 13.4 Å². The Labute approximate surface area is 158 Å². The highest BCUT2D eigenvalue weighted by Gasteiger charge is 2.24. The number of ether oxygens (including phenoxy) is 1. The molecule has 0 radical (unpaired) electrons. The number of piperidine rings is 1. The summed E-state index contributed by atoms with van der Waals surface area (Å²) in [6, 6.07) is 9.84. The number of hydrogen-bond donors (Lipinski definition) is 2. The lowest BCUT2D eigenvalue weighted by Crippen LogP contribution is -2.40. The third-order valence-corrected chi connectivity index (χ3v) is 5.36. The summed E-state index contributed by atoms with van der Waals surface area (Å²) >= 11 is 0. The highest BCUT2D eigenvalue weighted by Crippen LogP contribution is 2.34. The first-order chi connectivity index (χ1) is 13.2. The molecule has 6 heteroatoms. The minimum absolute atomic E-state index is 0.0432. The molecule has 1 fully saturated rings. The summed E-state index contributed by atoms with van der Waals surface area (Å²) in [7, 11) is 1.70. The third-order valence-electron chi connectivity index (χ3n) is 5.36. The van der Waals surface area contributed by atoms with Crippen molar-refractivity contribution in [2.45, 2.75) is 25.3 Å². The van der Waals surface area contributed by atoms with Gasteiger partial charge < -0.3 is 19.5 Å². The van der Waals surface area contributed by atoms with Gasteiger partial charge in [-0.1, -0.05) is 0 Å². The van der Waals surface area contributed by atoms with Gasteiger partial charge in [-0.2, -0.15) is 0 Å². The Morgan fingerprint density at radius 3 is 2.93 bits per heavy atom. The Morgan fingerprint density at radius 2 is 2.19 bits per heavy atom. The number of H-pyrrole nitrogens is 1. The minimum Gasteiger partial charge on any atom is -0.497 e. The van der Waals surface area contributed by atoms with Crippen LogP contribution in [0.5, 0.6) is 5.75 Å². The molecular weight excluding hydrogens is 342 g/mol. The molecule has 0 atom stereocenters. The SMILES string of the molecule is COc1ccc2[nH]cc(C3CCN(CC(=O)NCc4ccco4)CC3)c2c1. The van der Waals surface area contributed by atoms with Crippen molar-refractivity contribution in [1.82, 2.24) is 15.2 Å². The number of methoxy groups -OCH3 is 1. The number of benzene rings is 1. The summed E-state index contributed by atoms with van der Waals surface area (Å²) in [6.07, 6.45) is 5.85. The third kappa shape index (κ3) is 4.01. The molecule has 0 unspecified atom stereocenters. The summed E-state index contributed by atoms with van der Waals surface area (Å²) in [5.74, 6) is 2.21. The fourth-order valence-corrected chi connectivity index (χ4v) is 3.85. The normalized spacial score (nSPS) is 15.9. The van der Waals surface area contributed by atoms with E-state index in [0.29, 0.717) is 19.0 Å². The van der Waals surface area contributed by atoms with Crippen LogP contribution in [0.1, 0.15) is 30.1 Å². The first-order valence-electron chi connectivity index (χ1n) is 9.39. The lowest BCUT2D eigenvalue weighted by Gasteiger charge is -2.31. The maximum atomic E-state index is 12.1. The van der Waals surface area contributed by atoms with Crippen molar-refractivity contribution >= 4 is 16.8 Å². The van der Waals surface area contributed by atoms with Gasteiger partial charge in [0.25, 0.3) is 0 Å². The number of carbonyl (C=O) groups excluding carboxylic acids is 1. The van der Waals surface area contributed by atoms with Crippen LogP contribution in [-0.4, -0.2) is 42.5 Å². The maximum absolute atomic E-state index is 12.1. The zero-order chi connectivity index (χ0) is 18.6. The summed E-state index contributed by atoms with van der Waals surface area (Å²) in [4.78, 5) is 17.7. The van der Waals surface area contributed by atoms with Crippen LogP contribution in [0, 0.1) is 0 Å². The molecule has 1 aromatic carbocycles. The number of fused-ring (bicyclic) bond motifs is 1. The number of hydrogen-bond acceptors (Lipinski definition) is 4. The molecule has 0 saturated carbocycles. The van der Waals surface area contributed by atoms with Crippen LogP contribution < -0.4 is 10.1 Å². The maximum Gasteiger partial charge on any atom is 0.234 e. The van der Waals surface area contributed by atoms with Crippen molar-refractivity contribution in [2.75, 3.05) is 26.7 Å². The molecule has 0 aliphatic carbocycles. The Bertz CT molecular complexity index is 893. The van der Waals surface area contributed by atoms with E-state index in [0.717, 1.165) is 43.0 Å². The van der Waals surface area contributed by atoms with Crippen LogP contribution in [0.4, 0.5) is 0 Å². The molecule has 2 N–H and O–H groups in total. The van der Waals surface area contributed by atoms with Gasteiger partial charge in [0.1, 0.15) is 11.5 Å². The summed E-state index contributed by atoms with van der Waals surface area (Å²) in [5, 5.41) is 4.15. The first kappa shape index (κ1) is 17.7. The highest BCUT2D eigenvalue weighted by atomic mass is 16.5. The molecule has 1 aliphatic heterocycles. The standard InChI is InChI=1S/C21H25N3O3/c1-26-16-4-5-20-18(11-16)19(13-22-20)15-6-8-24(9-7-15)14-21(25)23-12-17-3-2-10-27-17/h2-5,10-11,13,15,22H,6-9,12,14H2,1H3,(H,23,25). The van der Waals surface area contributed by atoms with Crippen molar-refractivity contribution in [1.29, 1.82) is 0 Å². The second-order valence-electron chi connectivity index (χ2n) is 7.06. The van der Waals surface area contributed by atoms with Gasteiger partial charge in [0, 0.05) is 17.1 Å². The predicted octanol–water partition coefficient (Wildman–Crippen LogP) is 3.27. The molecule has 0 bridgehead atoms. The highest BCUT2D eigenvalue weighted by molar-refractivity contribution is 5.85. The van der Waals surface area contributed by atoms with E-state index in [4.69, 9.17) is 9.15 Å². The van der Waals surface area contributed by atoms with Crippen molar-refractivity contribution in [3.63, 3.8) is 0 Å². The van der Waals surface area contributed by atoms with Gasteiger partial charge in [0.2, 0.25) is 5.91 Å². The van der Waals surface area contributed by atoms with Crippen LogP contribution in [0.3, 0.4) is 0 Å². The fraction of sp³-hybridized carbons (Fsp3) is 0.381. The Kier molecular flexibility index (Phi) is 5.16. The van der Waals surface area contributed by atoms with Crippen LogP contribution >= 0.6 is 0 Å². The Morgan fingerprint density at radius 1 is 1.33 bits per heavy atom. The van der Waals surface area contributed by atoms with E-state index >= 15 is 0 Å². The summed E-state index contributed by atoms with van der Waals surface area (Å²) in [5.41, 5.74) is 2.50. The molecule has 2 aromatic heterocycles. The monoisotopic (exact) mass is 367 g/mol.